The van der Waals surface area contributed by atoms with E-state index in [9.17, 15) is 0 Å². The van der Waals surface area contributed by atoms with Gasteiger partial charge in [-0.05, 0) is 56.3 Å². The van der Waals surface area contributed by atoms with E-state index >= 15 is 0 Å². The standard InChI is InChI=1S/C16H21N3O/c1-2-3-17-10-14-18-19-15(20-14)16-7-11-4-12(8-16)6-13(5-11)9-16/h1,11-13,17H,3-10H2. The molecule has 0 saturated heterocycles. The molecule has 4 aliphatic rings. The van der Waals surface area contributed by atoms with Crippen LogP contribution >= 0.6 is 0 Å². The maximum Gasteiger partial charge on any atom is 0.230 e. The first-order valence-corrected chi connectivity index (χ1v) is 7.74. The van der Waals surface area contributed by atoms with E-state index in [1.165, 1.54) is 38.5 Å². The van der Waals surface area contributed by atoms with Crippen molar-refractivity contribution in [2.45, 2.75) is 50.5 Å². The highest BCUT2D eigenvalue weighted by Crippen LogP contribution is 2.60. The van der Waals surface area contributed by atoms with Crippen LogP contribution in [-0.2, 0) is 12.0 Å². The highest BCUT2D eigenvalue weighted by molar-refractivity contribution is 5.14. The van der Waals surface area contributed by atoms with Crippen LogP contribution in [0.3, 0.4) is 0 Å². The van der Waals surface area contributed by atoms with Gasteiger partial charge in [0, 0.05) is 5.41 Å². The monoisotopic (exact) mass is 271 g/mol. The van der Waals surface area contributed by atoms with E-state index < -0.39 is 0 Å². The first-order valence-electron chi connectivity index (χ1n) is 7.74. The number of hydrogen-bond donors (Lipinski definition) is 1. The predicted molar refractivity (Wildman–Crippen MR) is 74.7 cm³/mol. The number of aromatic nitrogens is 2. The highest BCUT2D eigenvalue weighted by atomic mass is 16.4. The van der Waals surface area contributed by atoms with E-state index in [1.54, 1.807) is 0 Å². The lowest BCUT2D eigenvalue weighted by Crippen LogP contribution is -2.48. The molecule has 106 valence electrons. The molecule has 0 atom stereocenters. The van der Waals surface area contributed by atoms with Crippen LogP contribution in [-0.4, -0.2) is 16.7 Å². The molecule has 0 aliphatic heterocycles. The minimum atomic E-state index is 0.201. The molecule has 1 aromatic heterocycles. The Bertz CT molecular complexity index is 507. The van der Waals surface area contributed by atoms with Crippen molar-refractivity contribution in [3.63, 3.8) is 0 Å². The summed E-state index contributed by atoms with van der Waals surface area (Å²) in [7, 11) is 0. The molecule has 0 amide bonds. The molecular weight excluding hydrogens is 250 g/mol. The Morgan fingerprint density at radius 2 is 1.80 bits per heavy atom. The van der Waals surface area contributed by atoms with Crippen LogP contribution in [0.25, 0.3) is 0 Å². The van der Waals surface area contributed by atoms with Crippen LogP contribution in [0, 0.1) is 30.1 Å². The van der Waals surface area contributed by atoms with Gasteiger partial charge in [-0.15, -0.1) is 16.6 Å². The van der Waals surface area contributed by atoms with E-state index in [1.807, 2.05) is 0 Å². The molecule has 0 spiro atoms. The van der Waals surface area contributed by atoms with Crippen molar-refractivity contribution in [2.75, 3.05) is 6.54 Å². The quantitative estimate of drug-likeness (QED) is 0.674. The number of hydrogen-bond acceptors (Lipinski definition) is 4. The number of terminal acetylenes is 1. The van der Waals surface area contributed by atoms with Gasteiger partial charge in [-0.1, -0.05) is 5.92 Å². The minimum absolute atomic E-state index is 0.201. The van der Waals surface area contributed by atoms with Gasteiger partial charge < -0.3 is 4.42 Å². The van der Waals surface area contributed by atoms with E-state index in [0.29, 0.717) is 19.0 Å². The summed E-state index contributed by atoms with van der Waals surface area (Å²) in [5.41, 5.74) is 0.201. The van der Waals surface area contributed by atoms with Crippen LogP contribution < -0.4 is 5.32 Å². The molecule has 0 unspecified atom stereocenters. The minimum Gasteiger partial charge on any atom is -0.423 e. The first kappa shape index (κ1) is 12.4. The summed E-state index contributed by atoms with van der Waals surface area (Å²) in [4.78, 5) is 0. The Kier molecular flexibility index (Phi) is 2.85. The zero-order valence-corrected chi connectivity index (χ0v) is 11.8. The second kappa shape index (κ2) is 4.60. The van der Waals surface area contributed by atoms with Gasteiger partial charge in [0.25, 0.3) is 0 Å². The summed E-state index contributed by atoms with van der Waals surface area (Å²) in [5, 5.41) is 11.7. The lowest BCUT2D eigenvalue weighted by Gasteiger charge is -2.55. The molecule has 1 aromatic rings. The molecule has 20 heavy (non-hydrogen) atoms. The van der Waals surface area contributed by atoms with Crippen molar-refractivity contribution in [2.24, 2.45) is 17.8 Å². The van der Waals surface area contributed by atoms with Crippen molar-refractivity contribution in [3.8, 4) is 12.3 Å². The molecule has 1 N–H and O–H groups in total. The van der Waals surface area contributed by atoms with Crippen molar-refractivity contribution in [3.05, 3.63) is 11.8 Å². The van der Waals surface area contributed by atoms with Gasteiger partial charge in [-0.2, -0.15) is 0 Å². The Hall–Kier alpha value is -1.34. The molecular formula is C16H21N3O. The van der Waals surface area contributed by atoms with Crippen LogP contribution in [0.2, 0.25) is 0 Å². The third-order valence-electron chi connectivity index (χ3n) is 5.46. The van der Waals surface area contributed by atoms with Crippen molar-refractivity contribution in [1.29, 1.82) is 0 Å². The van der Waals surface area contributed by atoms with Gasteiger partial charge in [0.05, 0.1) is 13.1 Å². The topological polar surface area (TPSA) is 51.0 Å². The normalized spacial score (nSPS) is 38.0. The number of rotatable bonds is 4. The molecule has 4 bridgehead atoms. The zero-order chi connectivity index (χ0) is 13.6. The van der Waals surface area contributed by atoms with Crippen LogP contribution in [0.5, 0.6) is 0 Å². The van der Waals surface area contributed by atoms with Crippen LogP contribution in [0.1, 0.15) is 50.3 Å². The third-order valence-corrected chi connectivity index (χ3v) is 5.46. The molecule has 5 rings (SSSR count). The fourth-order valence-electron chi connectivity index (χ4n) is 5.15. The van der Waals surface area contributed by atoms with E-state index in [0.717, 1.165) is 23.6 Å². The average Bonchev–Trinajstić information content (AvgIpc) is 2.87. The SMILES string of the molecule is C#CCNCc1nnc(C23CC4CC(CC(C4)C2)C3)o1. The van der Waals surface area contributed by atoms with Gasteiger partial charge in [0.1, 0.15) is 0 Å². The van der Waals surface area contributed by atoms with Gasteiger partial charge in [-0.25, -0.2) is 0 Å². The largest absolute Gasteiger partial charge is 0.423 e. The Morgan fingerprint density at radius 3 is 2.40 bits per heavy atom. The van der Waals surface area contributed by atoms with Gasteiger partial charge in [0.2, 0.25) is 11.8 Å². The Balaban J connectivity index is 1.54. The van der Waals surface area contributed by atoms with E-state index in [2.05, 4.69) is 21.4 Å². The molecule has 4 heteroatoms. The Labute approximate surface area is 119 Å². The lowest BCUT2D eigenvalue weighted by molar-refractivity contribution is -0.0182. The average molecular weight is 271 g/mol. The second-order valence-corrected chi connectivity index (χ2v) is 7.01. The molecule has 0 aromatic carbocycles. The molecule has 1 heterocycles. The lowest BCUT2D eigenvalue weighted by atomic mass is 9.49. The third kappa shape index (κ3) is 1.96. The summed E-state index contributed by atoms with van der Waals surface area (Å²) in [5.74, 6) is 6.82. The van der Waals surface area contributed by atoms with Gasteiger partial charge in [-0.3, -0.25) is 5.32 Å². The predicted octanol–water partition coefficient (Wildman–Crippen LogP) is 2.26. The zero-order valence-electron chi connectivity index (χ0n) is 11.8. The maximum absolute atomic E-state index is 5.96. The summed E-state index contributed by atoms with van der Waals surface area (Å²) in [6, 6.07) is 0. The summed E-state index contributed by atoms with van der Waals surface area (Å²) in [6.07, 6.45) is 13.3. The van der Waals surface area contributed by atoms with Gasteiger partial charge in [0.15, 0.2) is 0 Å². The summed E-state index contributed by atoms with van der Waals surface area (Å²) < 4.78 is 5.96. The second-order valence-electron chi connectivity index (χ2n) is 7.01. The molecule has 4 fully saturated rings. The number of nitrogens with one attached hydrogen (secondary N) is 1. The summed E-state index contributed by atoms with van der Waals surface area (Å²) >= 11 is 0. The maximum atomic E-state index is 5.96. The van der Waals surface area contributed by atoms with Gasteiger partial charge >= 0.3 is 0 Å². The van der Waals surface area contributed by atoms with E-state index in [-0.39, 0.29) is 5.41 Å². The molecule has 4 saturated carbocycles. The smallest absolute Gasteiger partial charge is 0.230 e. The van der Waals surface area contributed by atoms with Crippen molar-refractivity contribution < 1.29 is 4.42 Å². The fourth-order valence-corrected chi connectivity index (χ4v) is 5.15. The van der Waals surface area contributed by atoms with Crippen LogP contribution in [0.4, 0.5) is 0 Å². The van der Waals surface area contributed by atoms with Crippen LogP contribution in [0.15, 0.2) is 4.42 Å². The Morgan fingerprint density at radius 1 is 1.15 bits per heavy atom. The highest BCUT2D eigenvalue weighted by Gasteiger charge is 2.54. The fraction of sp³-hybridized carbons (Fsp3) is 0.750. The van der Waals surface area contributed by atoms with Crippen molar-refractivity contribution >= 4 is 0 Å². The first-order chi connectivity index (χ1) is 9.77. The molecule has 4 aliphatic carbocycles. The van der Waals surface area contributed by atoms with Crippen molar-refractivity contribution in [1.82, 2.24) is 15.5 Å². The number of nitrogens with zero attached hydrogens (tertiary/aromatic N) is 2. The molecule has 0 radical (unpaired) electrons. The van der Waals surface area contributed by atoms with E-state index in [4.69, 9.17) is 10.8 Å². The molecule has 4 nitrogen and oxygen atoms in total. The summed E-state index contributed by atoms with van der Waals surface area (Å²) in [6.45, 7) is 1.11.